The second-order valence-electron chi connectivity index (χ2n) is 1.11. The molecule has 0 aromatic carbocycles. The first kappa shape index (κ1) is 6.94. The zero-order valence-corrected chi connectivity index (χ0v) is 6.27. The topological polar surface area (TPSA) is 0 Å². The Bertz CT molecular complexity index is 54.8. The highest BCUT2D eigenvalue weighted by Crippen LogP contribution is 2.26. The van der Waals surface area contributed by atoms with Gasteiger partial charge in [-0.2, -0.15) is 0 Å². The van der Waals surface area contributed by atoms with E-state index in [4.69, 9.17) is 23.0 Å². The van der Waals surface area contributed by atoms with Gasteiger partial charge in [-0.3, -0.25) is 0 Å². The van der Waals surface area contributed by atoms with Gasteiger partial charge in [-0.1, -0.05) is 36.4 Å². The van der Waals surface area contributed by atoms with Crippen molar-refractivity contribution < 1.29 is 0 Å². The summed E-state index contributed by atoms with van der Waals surface area (Å²) < 4.78 is 0. The van der Waals surface area contributed by atoms with Crippen LogP contribution >= 0.6 is 17.3 Å². The number of hydrogen-bond acceptors (Lipinski definition) is 1. The second-order valence-corrected chi connectivity index (χ2v) is 5.83. The van der Waals surface area contributed by atoms with Crippen molar-refractivity contribution in [3.05, 3.63) is 0 Å². The molecule has 0 nitrogen and oxygen atoms in total. The molecule has 0 spiro atoms. The van der Waals surface area contributed by atoms with Crippen LogP contribution in [-0.2, 0) is 11.8 Å². The molecule has 0 heterocycles. The Morgan fingerprint density at radius 1 is 1.83 bits per heavy atom. The zero-order chi connectivity index (χ0) is 4.99. The molecule has 0 aliphatic carbocycles. The Balaban J connectivity index is 2.83. The average molecular weight is 143 g/mol. The van der Waals surface area contributed by atoms with Crippen LogP contribution in [0.1, 0.15) is 13.3 Å². The summed E-state index contributed by atoms with van der Waals surface area (Å²) in [4.78, 5) is 0. The third kappa shape index (κ3) is 4.94. The third-order valence-corrected chi connectivity index (χ3v) is 2.52. The molecule has 1 atom stereocenters. The van der Waals surface area contributed by atoms with E-state index in [1.807, 2.05) is 0 Å². The molecule has 3 heteroatoms. The van der Waals surface area contributed by atoms with Gasteiger partial charge in [0.2, 0.25) is 0 Å². The van der Waals surface area contributed by atoms with Crippen molar-refractivity contribution in [2.24, 2.45) is 0 Å². The van der Waals surface area contributed by atoms with E-state index >= 15 is 0 Å². The van der Waals surface area contributed by atoms with Gasteiger partial charge in [0, 0.05) is 6.05 Å². The Labute approximate surface area is 49.1 Å². The van der Waals surface area contributed by atoms with E-state index in [0.717, 1.165) is 12.6 Å². The quantitative estimate of drug-likeness (QED) is 0.533. The molecule has 0 bridgehead atoms. The van der Waals surface area contributed by atoms with E-state index in [1.165, 1.54) is 0 Å². The van der Waals surface area contributed by atoms with Crippen LogP contribution in [-0.4, -0.2) is 6.16 Å². The molecule has 0 rings (SSSR count). The predicted octanol–water partition coefficient (Wildman–Crippen LogP) is 2.23. The predicted molar refractivity (Wildman–Crippen MR) is 36.7 cm³/mol. The average Bonchev–Trinajstić information content (AvgIpc) is 1.35. The van der Waals surface area contributed by atoms with Gasteiger partial charge in [0.25, 0.3) is 0 Å². The summed E-state index contributed by atoms with van der Waals surface area (Å²) in [5.74, 6) is 0. The standard InChI is InChI=1S/C3H8ClPS/c1-2-3-5(4)6/h5H,2-3H2,1H3. The molecule has 0 aromatic rings. The maximum absolute atomic E-state index is 5.49. The Kier molecular flexibility index (Phi) is 4.75. The van der Waals surface area contributed by atoms with E-state index in [9.17, 15) is 0 Å². The van der Waals surface area contributed by atoms with Crippen molar-refractivity contribution in [3.63, 3.8) is 0 Å². The van der Waals surface area contributed by atoms with E-state index in [2.05, 4.69) is 6.92 Å². The molecule has 0 saturated heterocycles. The van der Waals surface area contributed by atoms with Gasteiger partial charge >= 0.3 is 0 Å². The van der Waals surface area contributed by atoms with Crippen molar-refractivity contribution in [1.82, 2.24) is 0 Å². The summed E-state index contributed by atoms with van der Waals surface area (Å²) in [6.07, 6.45) is 2.20. The van der Waals surface area contributed by atoms with Crippen molar-refractivity contribution in [2.75, 3.05) is 6.16 Å². The fraction of sp³-hybridized carbons (Fsp3) is 1.00. The second kappa shape index (κ2) is 4.11. The van der Waals surface area contributed by atoms with Gasteiger partial charge in [-0.15, -0.1) is 0 Å². The van der Waals surface area contributed by atoms with Crippen LogP contribution in [0.2, 0.25) is 0 Å². The molecular formula is C3H8ClPS. The SMILES string of the molecule is CCC[PH](=S)Cl. The highest BCUT2D eigenvalue weighted by molar-refractivity contribution is 8.17. The zero-order valence-electron chi connectivity index (χ0n) is 3.70. The number of hydrogen-bond donors (Lipinski definition) is 0. The normalized spacial score (nSPS) is 14.3. The Morgan fingerprint density at radius 2 is 2.33 bits per heavy atom. The fourth-order valence-corrected chi connectivity index (χ4v) is 1.77. The van der Waals surface area contributed by atoms with Crippen molar-refractivity contribution in [1.29, 1.82) is 0 Å². The first-order valence-corrected chi connectivity index (χ1v) is 5.81. The van der Waals surface area contributed by atoms with Crippen LogP contribution in [0.5, 0.6) is 0 Å². The van der Waals surface area contributed by atoms with Gasteiger partial charge in [-0.25, -0.2) is 0 Å². The maximum Gasteiger partial charge on any atom is 0.0271 e. The van der Waals surface area contributed by atoms with E-state index in [1.54, 1.807) is 0 Å². The molecule has 0 saturated carbocycles. The lowest BCUT2D eigenvalue weighted by molar-refractivity contribution is 1.11. The van der Waals surface area contributed by atoms with Crippen LogP contribution in [0, 0.1) is 0 Å². The summed E-state index contributed by atoms with van der Waals surface area (Å²) in [5.41, 5.74) is 0. The highest BCUT2D eigenvalue weighted by Gasteiger charge is 1.79. The smallest absolute Gasteiger partial charge is 0.0271 e. The molecule has 0 amide bonds. The molecule has 0 radical (unpaired) electrons. The monoisotopic (exact) mass is 142 g/mol. The lowest BCUT2D eigenvalue weighted by atomic mass is 10.6. The van der Waals surface area contributed by atoms with E-state index in [0.29, 0.717) is 0 Å². The van der Waals surface area contributed by atoms with E-state index in [-0.39, 0.29) is 0 Å². The number of rotatable bonds is 2. The maximum atomic E-state index is 5.49. The minimum atomic E-state index is -0.830. The van der Waals surface area contributed by atoms with Gasteiger partial charge in [0.05, 0.1) is 0 Å². The lowest BCUT2D eigenvalue weighted by Gasteiger charge is -1.83. The third-order valence-electron chi connectivity index (χ3n) is 0.447. The first-order valence-electron chi connectivity index (χ1n) is 1.95. The van der Waals surface area contributed by atoms with Gasteiger partial charge in [-0.05, 0) is 6.16 Å². The Hall–Kier alpha value is 0.940. The molecule has 0 aliphatic heterocycles. The molecule has 0 fully saturated rings. The lowest BCUT2D eigenvalue weighted by Crippen LogP contribution is -1.62. The van der Waals surface area contributed by atoms with Crippen LogP contribution in [0.4, 0.5) is 0 Å². The highest BCUT2D eigenvalue weighted by atomic mass is 35.7. The largest absolute Gasteiger partial charge is 0.0890 e. The molecule has 0 aliphatic rings. The molecule has 6 heavy (non-hydrogen) atoms. The Morgan fingerprint density at radius 3 is 2.33 bits per heavy atom. The molecule has 0 aromatic heterocycles. The molecule has 38 valence electrons. The summed E-state index contributed by atoms with van der Waals surface area (Å²) in [7, 11) is 0. The molecule has 0 N–H and O–H groups in total. The van der Waals surface area contributed by atoms with Crippen LogP contribution in [0.3, 0.4) is 0 Å². The summed E-state index contributed by atoms with van der Waals surface area (Å²) in [6, 6.07) is -0.830. The van der Waals surface area contributed by atoms with Gasteiger partial charge < -0.3 is 0 Å². The fourth-order valence-electron chi connectivity index (χ4n) is 0.197. The van der Waals surface area contributed by atoms with Crippen LogP contribution in [0.25, 0.3) is 0 Å². The molecule has 1 unspecified atom stereocenters. The summed E-state index contributed by atoms with van der Waals surface area (Å²) in [6.45, 7) is 2.10. The van der Waals surface area contributed by atoms with Crippen molar-refractivity contribution in [2.45, 2.75) is 13.3 Å². The summed E-state index contributed by atoms with van der Waals surface area (Å²) >= 11 is 10.2. The van der Waals surface area contributed by atoms with Crippen LogP contribution in [0.15, 0.2) is 0 Å². The van der Waals surface area contributed by atoms with Gasteiger partial charge in [0.15, 0.2) is 0 Å². The minimum absolute atomic E-state index is 0.830. The van der Waals surface area contributed by atoms with Crippen molar-refractivity contribution >= 4 is 29.1 Å². The first-order chi connectivity index (χ1) is 2.77. The van der Waals surface area contributed by atoms with Crippen molar-refractivity contribution in [3.8, 4) is 0 Å². The number of halogens is 1. The van der Waals surface area contributed by atoms with Gasteiger partial charge in [0.1, 0.15) is 0 Å². The van der Waals surface area contributed by atoms with E-state index < -0.39 is 6.05 Å². The minimum Gasteiger partial charge on any atom is -0.0890 e. The molecular weight excluding hydrogens is 135 g/mol. The summed E-state index contributed by atoms with van der Waals surface area (Å²) in [5, 5.41) is 0. The van der Waals surface area contributed by atoms with Crippen LogP contribution < -0.4 is 0 Å².